The van der Waals surface area contributed by atoms with Crippen LogP contribution in [0, 0.1) is 6.92 Å². The highest BCUT2D eigenvalue weighted by atomic mass is 32.1. The number of aryl methyl sites for hydroxylation is 1. The minimum absolute atomic E-state index is 0.0398. The predicted octanol–water partition coefficient (Wildman–Crippen LogP) is 3.11. The molecule has 1 aliphatic rings. The largest absolute Gasteiger partial charge is 0.456 e. The molecule has 0 unspecified atom stereocenters. The molecule has 35 heavy (non-hydrogen) atoms. The van der Waals surface area contributed by atoms with Crippen LogP contribution in [0.25, 0.3) is 0 Å². The number of ether oxygens (including phenoxy) is 1. The van der Waals surface area contributed by atoms with Gasteiger partial charge in [-0.1, -0.05) is 41.7 Å². The molecule has 1 amide bonds. The van der Waals surface area contributed by atoms with E-state index in [0.29, 0.717) is 5.69 Å². The molecule has 9 heteroatoms. The van der Waals surface area contributed by atoms with Gasteiger partial charge in [-0.05, 0) is 36.8 Å². The van der Waals surface area contributed by atoms with Crippen LogP contribution in [0.5, 0.6) is 0 Å². The van der Waals surface area contributed by atoms with Crippen LogP contribution in [0.1, 0.15) is 17.7 Å². The first-order valence-electron chi connectivity index (χ1n) is 11.7. The Labute approximate surface area is 208 Å². The maximum atomic E-state index is 12.2. The predicted molar refractivity (Wildman–Crippen MR) is 138 cm³/mol. The molecule has 184 valence electrons. The third kappa shape index (κ3) is 7.03. The van der Waals surface area contributed by atoms with E-state index in [4.69, 9.17) is 4.74 Å². The van der Waals surface area contributed by atoms with E-state index < -0.39 is 11.9 Å². The number of thiazole rings is 1. The number of nitrogens with zero attached hydrogens (tertiary/aromatic N) is 3. The maximum Gasteiger partial charge on any atom is 0.308 e. The van der Waals surface area contributed by atoms with E-state index >= 15 is 0 Å². The minimum Gasteiger partial charge on any atom is -0.456 e. The van der Waals surface area contributed by atoms with E-state index in [1.807, 2.05) is 37.3 Å². The summed E-state index contributed by atoms with van der Waals surface area (Å²) in [4.78, 5) is 40.5. The smallest absolute Gasteiger partial charge is 0.308 e. The van der Waals surface area contributed by atoms with Crippen LogP contribution in [-0.4, -0.2) is 54.1 Å². The lowest BCUT2D eigenvalue weighted by atomic mass is 10.2. The van der Waals surface area contributed by atoms with E-state index in [1.54, 1.807) is 5.38 Å². The van der Waals surface area contributed by atoms with Crippen molar-refractivity contribution in [3.8, 4) is 0 Å². The van der Waals surface area contributed by atoms with Gasteiger partial charge in [0.15, 0.2) is 6.61 Å². The number of nitrogens with one attached hydrogen (secondary N) is 1. The van der Waals surface area contributed by atoms with Gasteiger partial charge in [-0.25, -0.2) is 0 Å². The van der Waals surface area contributed by atoms with Gasteiger partial charge in [0.05, 0.1) is 6.42 Å². The lowest BCUT2D eigenvalue weighted by Gasteiger charge is -2.36. The molecule has 0 saturated carbocycles. The number of esters is 1. The Bertz CT molecular complexity index is 1180. The SMILES string of the molecule is Cc1csc(=O)n1CCC(=O)OCC(=O)Nc1ccc(N2CCN(Cc3ccccc3)CC2)cc1. The first-order valence-corrected chi connectivity index (χ1v) is 12.6. The van der Waals surface area contributed by atoms with E-state index in [2.05, 4.69) is 39.4 Å². The fraction of sp³-hybridized carbons (Fsp3) is 0.346. The van der Waals surface area contributed by atoms with Gasteiger partial charge < -0.3 is 19.5 Å². The molecular formula is C26H30N4O4S. The monoisotopic (exact) mass is 494 g/mol. The highest BCUT2D eigenvalue weighted by Crippen LogP contribution is 2.20. The molecule has 2 aromatic carbocycles. The number of hydrogen-bond acceptors (Lipinski definition) is 7. The summed E-state index contributed by atoms with van der Waals surface area (Å²) in [6, 6.07) is 18.2. The Morgan fingerprint density at radius 1 is 1.00 bits per heavy atom. The van der Waals surface area contributed by atoms with Crippen LogP contribution in [0.3, 0.4) is 0 Å². The van der Waals surface area contributed by atoms with Crippen molar-refractivity contribution in [3.63, 3.8) is 0 Å². The second-order valence-corrected chi connectivity index (χ2v) is 9.37. The van der Waals surface area contributed by atoms with Gasteiger partial charge in [0.1, 0.15) is 0 Å². The molecular weight excluding hydrogens is 464 g/mol. The molecule has 0 radical (unpaired) electrons. The number of amides is 1. The van der Waals surface area contributed by atoms with Crippen LogP contribution < -0.4 is 15.1 Å². The molecule has 3 aromatic rings. The summed E-state index contributed by atoms with van der Waals surface area (Å²) in [5.74, 6) is -0.913. The summed E-state index contributed by atoms with van der Waals surface area (Å²) in [5, 5.41) is 4.50. The van der Waals surface area contributed by atoms with Crippen molar-refractivity contribution < 1.29 is 14.3 Å². The van der Waals surface area contributed by atoms with Gasteiger partial charge in [-0.3, -0.25) is 19.3 Å². The quantitative estimate of drug-likeness (QED) is 0.460. The highest BCUT2D eigenvalue weighted by molar-refractivity contribution is 7.07. The van der Waals surface area contributed by atoms with E-state index in [9.17, 15) is 14.4 Å². The van der Waals surface area contributed by atoms with Crippen LogP contribution >= 0.6 is 11.3 Å². The summed E-state index contributed by atoms with van der Waals surface area (Å²) in [6.45, 7) is 6.57. The summed E-state index contributed by atoms with van der Waals surface area (Å²) < 4.78 is 6.57. The second kappa shape index (κ2) is 11.8. The molecule has 1 saturated heterocycles. The average molecular weight is 495 g/mol. The van der Waals surface area contributed by atoms with Crippen molar-refractivity contribution in [3.05, 3.63) is 80.9 Å². The fourth-order valence-corrected chi connectivity index (χ4v) is 4.82. The Balaban J connectivity index is 1.17. The molecule has 0 atom stereocenters. The molecule has 0 bridgehead atoms. The molecule has 8 nitrogen and oxygen atoms in total. The Hall–Kier alpha value is -3.43. The second-order valence-electron chi connectivity index (χ2n) is 8.55. The van der Waals surface area contributed by atoms with Crippen molar-refractivity contribution in [2.75, 3.05) is 43.0 Å². The van der Waals surface area contributed by atoms with Crippen molar-refractivity contribution in [1.29, 1.82) is 0 Å². The summed E-state index contributed by atoms with van der Waals surface area (Å²) in [6.07, 6.45) is 0.0398. The normalized spacial score (nSPS) is 14.0. The fourth-order valence-electron chi connectivity index (χ4n) is 4.05. The average Bonchev–Trinajstić information content (AvgIpc) is 3.20. The maximum absolute atomic E-state index is 12.2. The number of piperazine rings is 1. The number of aromatic nitrogens is 1. The number of carbonyl (C=O) groups is 2. The lowest BCUT2D eigenvalue weighted by Crippen LogP contribution is -2.45. The Kier molecular flexibility index (Phi) is 8.33. The van der Waals surface area contributed by atoms with Crippen molar-refractivity contribution in [2.45, 2.75) is 26.4 Å². The molecule has 1 N–H and O–H groups in total. The van der Waals surface area contributed by atoms with Crippen molar-refractivity contribution in [2.24, 2.45) is 0 Å². The Morgan fingerprint density at radius 2 is 1.71 bits per heavy atom. The molecule has 1 fully saturated rings. The topological polar surface area (TPSA) is 83.9 Å². The van der Waals surface area contributed by atoms with Gasteiger partial charge in [0, 0.05) is 61.7 Å². The highest BCUT2D eigenvalue weighted by Gasteiger charge is 2.17. The van der Waals surface area contributed by atoms with Gasteiger partial charge in [-0.15, -0.1) is 0 Å². The summed E-state index contributed by atoms with van der Waals surface area (Å²) >= 11 is 1.10. The van der Waals surface area contributed by atoms with Gasteiger partial charge in [-0.2, -0.15) is 0 Å². The van der Waals surface area contributed by atoms with Gasteiger partial charge in [0.2, 0.25) is 0 Å². The zero-order valence-corrected chi connectivity index (χ0v) is 20.6. The number of hydrogen-bond donors (Lipinski definition) is 1. The lowest BCUT2D eigenvalue weighted by molar-refractivity contribution is -0.147. The Morgan fingerprint density at radius 3 is 2.37 bits per heavy atom. The van der Waals surface area contributed by atoms with Crippen molar-refractivity contribution in [1.82, 2.24) is 9.47 Å². The van der Waals surface area contributed by atoms with Gasteiger partial charge >= 0.3 is 10.8 Å². The molecule has 1 aliphatic heterocycles. The van der Waals surface area contributed by atoms with Crippen LogP contribution in [-0.2, 0) is 27.4 Å². The van der Waals surface area contributed by atoms with Crippen LogP contribution in [0.2, 0.25) is 0 Å². The molecule has 0 spiro atoms. The molecule has 4 rings (SSSR count). The number of anilines is 2. The molecule has 1 aromatic heterocycles. The van der Waals surface area contributed by atoms with Crippen LogP contribution in [0.15, 0.2) is 64.8 Å². The third-order valence-corrected chi connectivity index (χ3v) is 6.90. The van der Waals surface area contributed by atoms with E-state index in [1.165, 1.54) is 10.1 Å². The van der Waals surface area contributed by atoms with Crippen molar-refractivity contribution >= 4 is 34.6 Å². The van der Waals surface area contributed by atoms with E-state index in [0.717, 1.165) is 55.4 Å². The number of benzene rings is 2. The zero-order valence-electron chi connectivity index (χ0n) is 19.8. The molecule has 0 aliphatic carbocycles. The number of rotatable bonds is 9. The first-order chi connectivity index (χ1) is 17.0. The molecule has 2 heterocycles. The number of carbonyl (C=O) groups excluding carboxylic acids is 2. The standard InChI is InChI=1S/C26H30N4O4S/c1-20-19-35-26(33)30(20)12-11-25(32)34-18-24(31)27-22-7-9-23(10-8-22)29-15-13-28(14-16-29)17-21-5-3-2-4-6-21/h2-10,19H,11-18H2,1H3,(H,27,31). The van der Waals surface area contributed by atoms with Crippen LogP contribution in [0.4, 0.5) is 11.4 Å². The third-order valence-electron chi connectivity index (χ3n) is 6.02. The summed E-state index contributed by atoms with van der Waals surface area (Å²) in [7, 11) is 0. The zero-order chi connectivity index (χ0) is 24.6. The van der Waals surface area contributed by atoms with E-state index in [-0.39, 0.29) is 24.4 Å². The summed E-state index contributed by atoms with van der Waals surface area (Å²) in [5.41, 5.74) is 3.91. The first kappa shape index (κ1) is 24.7. The van der Waals surface area contributed by atoms with Gasteiger partial charge in [0.25, 0.3) is 5.91 Å². The minimum atomic E-state index is -0.514.